The number of hydrogen-bond acceptors (Lipinski definition) is 3. The highest BCUT2D eigenvalue weighted by Crippen LogP contribution is 2.30. The molecule has 0 atom stereocenters. The van der Waals surface area contributed by atoms with Crippen LogP contribution in [0.1, 0.15) is 31.2 Å². The molecule has 1 N–H and O–H groups in total. The molecule has 1 aliphatic rings. The molecule has 6 heteroatoms. The average Bonchev–Trinajstić information content (AvgIpc) is 3.10. The summed E-state index contributed by atoms with van der Waals surface area (Å²) in [4.78, 5) is 12.8. The molecule has 1 aliphatic carbocycles. The number of halogens is 1. The number of aliphatic carboxylic acids is 1. The van der Waals surface area contributed by atoms with E-state index in [-0.39, 0.29) is 6.54 Å². The molecule has 0 radical (unpaired) electrons. The van der Waals surface area contributed by atoms with E-state index in [1.165, 1.54) is 0 Å². The topological polar surface area (TPSA) is 58.4 Å². The van der Waals surface area contributed by atoms with Gasteiger partial charge in [0.15, 0.2) is 0 Å². The highest BCUT2D eigenvalue weighted by molar-refractivity contribution is 6.31. The Morgan fingerprint density at radius 1 is 1.61 bits per heavy atom. The molecule has 100 valence electrons. The van der Waals surface area contributed by atoms with Crippen molar-refractivity contribution in [2.45, 2.75) is 38.8 Å². The van der Waals surface area contributed by atoms with Crippen molar-refractivity contribution in [3.63, 3.8) is 0 Å². The average molecular weight is 272 g/mol. The predicted molar refractivity (Wildman–Crippen MR) is 68.7 cm³/mol. The standard InChI is InChI=1S/C12H18ClN3O2/c1-3-9-12(13)10(15(2)14-9)6-16(7-11(17)18)8-4-5-8/h8H,3-7H2,1-2H3,(H,17,18). The van der Waals surface area contributed by atoms with E-state index in [9.17, 15) is 4.79 Å². The molecule has 0 spiro atoms. The first-order valence-electron chi connectivity index (χ1n) is 6.19. The van der Waals surface area contributed by atoms with E-state index < -0.39 is 5.97 Å². The van der Waals surface area contributed by atoms with Crippen molar-refractivity contribution in [2.75, 3.05) is 6.54 Å². The van der Waals surface area contributed by atoms with Gasteiger partial charge in [0.25, 0.3) is 0 Å². The first kappa shape index (κ1) is 13.4. The zero-order valence-electron chi connectivity index (χ0n) is 10.7. The van der Waals surface area contributed by atoms with E-state index in [1.54, 1.807) is 4.68 Å². The van der Waals surface area contributed by atoms with E-state index in [0.717, 1.165) is 30.7 Å². The third kappa shape index (κ3) is 2.84. The summed E-state index contributed by atoms with van der Waals surface area (Å²) in [6.45, 7) is 2.63. The highest BCUT2D eigenvalue weighted by Gasteiger charge is 2.31. The third-order valence-corrected chi connectivity index (χ3v) is 3.69. The number of carbonyl (C=O) groups is 1. The Hall–Kier alpha value is -1.07. The molecular weight excluding hydrogens is 254 g/mol. The molecule has 0 unspecified atom stereocenters. The van der Waals surface area contributed by atoms with Gasteiger partial charge in [-0.25, -0.2) is 0 Å². The summed E-state index contributed by atoms with van der Waals surface area (Å²) in [5.74, 6) is -0.795. The van der Waals surface area contributed by atoms with Crippen molar-refractivity contribution < 1.29 is 9.90 Å². The summed E-state index contributed by atoms with van der Waals surface area (Å²) in [5.41, 5.74) is 1.78. The van der Waals surface area contributed by atoms with E-state index in [1.807, 2.05) is 18.9 Å². The molecule has 0 saturated heterocycles. The summed E-state index contributed by atoms with van der Waals surface area (Å²) in [6.07, 6.45) is 2.93. The van der Waals surface area contributed by atoms with Gasteiger partial charge >= 0.3 is 5.97 Å². The van der Waals surface area contributed by atoms with Gasteiger partial charge in [0, 0.05) is 19.6 Å². The summed E-state index contributed by atoms with van der Waals surface area (Å²) < 4.78 is 1.76. The molecule has 0 bridgehead atoms. The molecule has 2 rings (SSSR count). The van der Waals surface area contributed by atoms with E-state index in [4.69, 9.17) is 16.7 Å². The van der Waals surface area contributed by atoms with Gasteiger partial charge in [0.2, 0.25) is 0 Å². The number of carboxylic acids is 1. The minimum Gasteiger partial charge on any atom is -0.480 e. The van der Waals surface area contributed by atoms with Gasteiger partial charge < -0.3 is 5.11 Å². The van der Waals surface area contributed by atoms with Gasteiger partial charge in [-0.15, -0.1) is 0 Å². The van der Waals surface area contributed by atoms with Gasteiger partial charge in [0.05, 0.1) is 23.0 Å². The van der Waals surface area contributed by atoms with Crippen molar-refractivity contribution in [3.05, 3.63) is 16.4 Å². The number of rotatable bonds is 6. The van der Waals surface area contributed by atoms with Gasteiger partial charge in [-0.1, -0.05) is 18.5 Å². The van der Waals surface area contributed by atoms with E-state index in [0.29, 0.717) is 17.6 Å². The molecule has 0 aromatic carbocycles. The van der Waals surface area contributed by atoms with Crippen LogP contribution in [0.15, 0.2) is 0 Å². The monoisotopic (exact) mass is 271 g/mol. The van der Waals surface area contributed by atoms with E-state index >= 15 is 0 Å². The molecule has 1 aromatic rings. The zero-order chi connectivity index (χ0) is 13.3. The number of carboxylic acid groups (broad SMARTS) is 1. The van der Waals surface area contributed by atoms with Crippen LogP contribution in [0.4, 0.5) is 0 Å². The van der Waals surface area contributed by atoms with Crippen LogP contribution in [0.3, 0.4) is 0 Å². The van der Waals surface area contributed by atoms with E-state index in [2.05, 4.69) is 5.10 Å². The Bertz CT molecular complexity index is 454. The van der Waals surface area contributed by atoms with Crippen molar-refractivity contribution >= 4 is 17.6 Å². The van der Waals surface area contributed by atoms with Gasteiger partial charge in [-0.3, -0.25) is 14.4 Å². The molecule has 0 aliphatic heterocycles. The zero-order valence-corrected chi connectivity index (χ0v) is 11.4. The Labute approximate surface area is 111 Å². The van der Waals surface area contributed by atoms with Gasteiger partial charge in [0.1, 0.15) is 0 Å². The first-order valence-corrected chi connectivity index (χ1v) is 6.56. The maximum Gasteiger partial charge on any atom is 0.317 e. The SMILES string of the molecule is CCc1nn(C)c(CN(CC(=O)O)C2CC2)c1Cl. The molecule has 1 heterocycles. The maximum atomic E-state index is 10.9. The van der Waals surface area contributed by atoms with Crippen molar-refractivity contribution in [1.82, 2.24) is 14.7 Å². The minimum absolute atomic E-state index is 0.0631. The third-order valence-electron chi connectivity index (χ3n) is 3.26. The molecule has 5 nitrogen and oxygen atoms in total. The van der Waals surface area contributed by atoms with Crippen LogP contribution in [0.25, 0.3) is 0 Å². The van der Waals surface area contributed by atoms with Crippen LogP contribution in [0.2, 0.25) is 5.02 Å². The smallest absolute Gasteiger partial charge is 0.317 e. The van der Waals surface area contributed by atoms with Crippen LogP contribution in [0.5, 0.6) is 0 Å². The first-order chi connectivity index (χ1) is 8.52. The fourth-order valence-corrected chi connectivity index (χ4v) is 2.46. The van der Waals surface area contributed by atoms with Crippen LogP contribution < -0.4 is 0 Å². The lowest BCUT2D eigenvalue weighted by Crippen LogP contribution is -2.32. The normalized spacial score (nSPS) is 15.3. The van der Waals surface area contributed by atoms with Crippen LogP contribution in [-0.2, 0) is 24.8 Å². The molecule has 0 amide bonds. The predicted octanol–water partition coefficient (Wildman–Crippen LogP) is 1.68. The van der Waals surface area contributed by atoms with Crippen LogP contribution >= 0.6 is 11.6 Å². The number of nitrogens with zero attached hydrogens (tertiary/aromatic N) is 3. The highest BCUT2D eigenvalue weighted by atomic mass is 35.5. The fraction of sp³-hybridized carbons (Fsp3) is 0.667. The molecule has 1 fully saturated rings. The molecular formula is C12H18ClN3O2. The number of aryl methyl sites for hydroxylation is 2. The lowest BCUT2D eigenvalue weighted by Gasteiger charge is -2.19. The van der Waals surface area contributed by atoms with Crippen LogP contribution in [-0.4, -0.2) is 38.3 Å². The minimum atomic E-state index is -0.795. The number of aromatic nitrogens is 2. The second-order valence-electron chi connectivity index (χ2n) is 4.71. The largest absolute Gasteiger partial charge is 0.480 e. The van der Waals surface area contributed by atoms with Gasteiger partial charge in [-0.05, 0) is 19.3 Å². The second-order valence-corrected chi connectivity index (χ2v) is 5.09. The Kier molecular flexibility index (Phi) is 3.92. The summed E-state index contributed by atoms with van der Waals surface area (Å²) in [7, 11) is 1.85. The fourth-order valence-electron chi connectivity index (χ4n) is 2.11. The summed E-state index contributed by atoms with van der Waals surface area (Å²) in [6, 6.07) is 0.386. The Morgan fingerprint density at radius 3 is 2.72 bits per heavy atom. The Balaban J connectivity index is 2.15. The summed E-state index contributed by atoms with van der Waals surface area (Å²) in [5, 5.41) is 14.0. The maximum absolute atomic E-state index is 10.9. The molecule has 1 aromatic heterocycles. The second kappa shape index (κ2) is 5.28. The van der Waals surface area contributed by atoms with Crippen molar-refractivity contribution in [2.24, 2.45) is 7.05 Å². The number of hydrogen-bond donors (Lipinski definition) is 1. The quantitative estimate of drug-likeness (QED) is 0.855. The van der Waals surface area contributed by atoms with Crippen LogP contribution in [0, 0.1) is 0 Å². The summed E-state index contributed by atoms with van der Waals surface area (Å²) >= 11 is 6.28. The lowest BCUT2D eigenvalue weighted by molar-refractivity contribution is -0.138. The van der Waals surface area contributed by atoms with Gasteiger partial charge in [-0.2, -0.15) is 5.10 Å². The molecule has 1 saturated carbocycles. The van der Waals surface area contributed by atoms with Crippen molar-refractivity contribution in [3.8, 4) is 0 Å². The Morgan fingerprint density at radius 2 is 2.28 bits per heavy atom. The lowest BCUT2D eigenvalue weighted by atomic mass is 10.3. The van der Waals surface area contributed by atoms with Crippen molar-refractivity contribution in [1.29, 1.82) is 0 Å². The molecule has 18 heavy (non-hydrogen) atoms.